The van der Waals surface area contributed by atoms with Crippen molar-refractivity contribution < 1.29 is 14.2 Å². The molecule has 1 aromatic heterocycles. The molecule has 1 aliphatic heterocycles. The van der Waals surface area contributed by atoms with Crippen LogP contribution in [0.25, 0.3) is 0 Å². The van der Waals surface area contributed by atoms with Gasteiger partial charge in [0.25, 0.3) is 0 Å². The van der Waals surface area contributed by atoms with Crippen LogP contribution in [-0.4, -0.2) is 23.4 Å². The minimum atomic E-state index is -0.373. The average Bonchev–Trinajstić information content (AvgIpc) is 2.96. The van der Waals surface area contributed by atoms with Gasteiger partial charge in [-0.3, -0.25) is 5.10 Å². The van der Waals surface area contributed by atoms with Gasteiger partial charge >= 0.3 is 0 Å². The molecule has 130 valence electrons. The molecule has 3 rings (SSSR count). The highest BCUT2D eigenvalue weighted by Gasteiger charge is 2.34. The van der Waals surface area contributed by atoms with E-state index in [2.05, 4.69) is 16.3 Å². The molecule has 2 aromatic rings. The molecule has 0 amide bonds. The van der Waals surface area contributed by atoms with E-state index in [-0.39, 0.29) is 11.8 Å². The van der Waals surface area contributed by atoms with Gasteiger partial charge in [0.1, 0.15) is 11.6 Å². The van der Waals surface area contributed by atoms with Gasteiger partial charge in [-0.15, -0.1) is 5.10 Å². The van der Waals surface area contributed by atoms with Crippen molar-refractivity contribution in [3.8, 4) is 23.4 Å². The molecule has 0 aliphatic carbocycles. The van der Waals surface area contributed by atoms with Gasteiger partial charge < -0.3 is 19.9 Å². The summed E-state index contributed by atoms with van der Waals surface area (Å²) in [7, 11) is 0. The van der Waals surface area contributed by atoms with Crippen molar-refractivity contribution in [2.45, 2.75) is 26.7 Å². The Bertz CT molecular complexity index is 864. The fourth-order valence-electron chi connectivity index (χ4n) is 2.98. The molecule has 0 fully saturated rings. The Morgan fingerprint density at radius 2 is 2.00 bits per heavy atom. The first kappa shape index (κ1) is 16.7. The van der Waals surface area contributed by atoms with E-state index in [1.54, 1.807) is 0 Å². The van der Waals surface area contributed by atoms with Gasteiger partial charge in [-0.25, -0.2) is 0 Å². The largest absolute Gasteiger partial charge is 0.490 e. The highest BCUT2D eigenvalue weighted by atomic mass is 16.5. The molecule has 0 spiro atoms. The van der Waals surface area contributed by atoms with Crippen LogP contribution in [0.5, 0.6) is 17.4 Å². The lowest BCUT2D eigenvalue weighted by Crippen LogP contribution is -2.21. The molecule has 3 N–H and O–H groups in total. The number of allylic oxidation sites excluding steroid dienone is 1. The minimum absolute atomic E-state index is 0.0679. The summed E-state index contributed by atoms with van der Waals surface area (Å²) < 4.78 is 16.8. The standard InChI is InChI=1S/C18H20N4O3/c1-4-23-13-7-6-11(8-14(13)24-5-2)16-12(9-19)17(20)25-18-15(16)10(3)21-22-18/h6-8,16H,4-5,20H2,1-3H3,(H,21,22)/t16-/m0/s1. The predicted octanol–water partition coefficient (Wildman–Crippen LogP) is 2.73. The highest BCUT2D eigenvalue weighted by Crippen LogP contribution is 2.44. The quantitative estimate of drug-likeness (QED) is 0.867. The van der Waals surface area contributed by atoms with E-state index < -0.39 is 0 Å². The van der Waals surface area contributed by atoms with Crippen LogP contribution in [0.4, 0.5) is 0 Å². The SMILES string of the molecule is CCOc1ccc([C@H]2C(C#N)=C(N)Oc3n[nH]c(C)c32)cc1OCC. The normalized spacial score (nSPS) is 16.0. The van der Waals surface area contributed by atoms with Crippen LogP contribution in [0.3, 0.4) is 0 Å². The molecule has 1 aromatic carbocycles. The van der Waals surface area contributed by atoms with Crippen LogP contribution in [0, 0.1) is 18.3 Å². The second-order valence-corrected chi connectivity index (χ2v) is 5.56. The Morgan fingerprint density at radius 3 is 2.68 bits per heavy atom. The highest BCUT2D eigenvalue weighted by molar-refractivity contribution is 5.57. The van der Waals surface area contributed by atoms with Gasteiger partial charge in [0.15, 0.2) is 11.5 Å². The Morgan fingerprint density at radius 1 is 1.28 bits per heavy atom. The summed E-state index contributed by atoms with van der Waals surface area (Å²) in [5.41, 5.74) is 8.78. The number of benzene rings is 1. The summed E-state index contributed by atoms with van der Waals surface area (Å²) in [6.07, 6.45) is 0. The third-order valence-corrected chi connectivity index (χ3v) is 4.03. The molecule has 0 saturated carbocycles. The molecule has 0 saturated heterocycles. The molecule has 0 radical (unpaired) electrons. The molecule has 0 bridgehead atoms. The summed E-state index contributed by atoms with van der Waals surface area (Å²) in [6.45, 7) is 6.76. The third-order valence-electron chi connectivity index (χ3n) is 4.03. The van der Waals surface area contributed by atoms with Gasteiger partial charge in [-0.2, -0.15) is 5.26 Å². The van der Waals surface area contributed by atoms with Gasteiger partial charge in [-0.1, -0.05) is 6.07 Å². The van der Waals surface area contributed by atoms with E-state index in [4.69, 9.17) is 19.9 Å². The summed E-state index contributed by atoms with van der Waals surface area (Å²) in [5, 5.41) is 16.6. The zero-order chi connectivity index (χ0) is 18.0. The number of nitrogens with one attached hydrogen (secondary N) is 1. The van der Waals surface area contributed by atoms with Gasteiger partial charge in [-0.05, 0) is 38.5 Å². The number of aryl methyl sites for hydroxylation is 1. The molecule has 0 unspecified atom stereocenters. The monoisotopic (exact) mass is 340 g/mol. The molecular formula is C18H20N4O3. The van der Waals surface area contributed by atoms with Crippen LogP contribution < -0.4 is 19.9 Å². The Hall–Kier alpha value is -3.14. The number of nitrogens with zero attached hydrogens (tertiary/aromatic N) is 2. The minimum Gasteiger partial charge on any atom is -0.490 e. The fourth-order valence-corrected chi connectivity index (χ4v) is 2.98. The average molecular weight is 340 g/mol. The number of nitriles is 1. The van der Waals surface area contributed by atoms with Gasteiger partial charge in [0.05, 0.1) is 19.1 Å². The molecule has 1 aliphatic rings. The fraction of sp³-hybridized carbons (Fsp3) is 0.333. The molecule has 2 heterocycles. The van der Waals surface area contributed by atoms with E-state index >= 15 is 0 Å². The lowest BCUT2D eigenvalue weighted by Gasteiger charge is -2.24. The maximum Gasteiger partial charge on any atom is 0.244 e. The van der Waals surface area contributed by atoms with Crippen molar-refractivity contribution in [2.75, 3.05) is 13.2 Å². The molecule has 7 nitrogen and oxygen atoms in total. The number of H-pyrrole nitrogens is 1. The second-order valence-electron chi connectivity index (χ2n) is 5.56. The smallest absolute Gasteiger partial charge is 0.244 e. The van der Waals surface area contributed by atoms with Crippen molar-refractivity contribution in [3.05, 3.63) is 46.5 Å². The maximum absolute atomic E-state index is 9.60. The van der Waals surface area contributed by atoms with Crippen molar-refractivity contribution in [1.82, 2.24) is 10.2 Å². The molecular weight excluding hydrogens is 320 g/mol. The van der Waals surface area contributed by atoms with Crippen molar-refractivity contribution in [3.63, 3.8) is 0 Å². The lowest BCUT2D eigenvalue weighted by atomic mass is 9.84. The number of hydrogen-bond donors (Lipinski definition) is 2. The summed E-state index contributed by atoms with van der Waals surface area (Å²) >= 11 is 0. The number of aromatic nitrogens is 2. The van der Waals surface area contributed by atoms with Crippen molar-refractivity contribution in [1.29, 1.82) is 5.26 Å². The third kappa shape index (κ3) is 2.87. The zero-order valence-corrected chi connectivity index (χ0v) is 14.4. The summed E-state index contributed by atoms with van der Waals surface area (Å²) in [4.78, 5) is 0. The molecule has 25 heavy (non-hydrogen) atoms. The number of fused-ring (bicyclic) bond motifs is 1. The van der Waals surface area contributed by atoms with E-state index in [1.165, 1.54) is 0 Å². The van der Waals surface area contributed by atoms with Crippen LogP contribution in [-0.2, 0) is 0 Å². The lowest BCUT2D eigenvalue weighted by molar-refractivity contribution is 0.287. The zero-order valence-electron chi connectivity index (χ0n) is 14.4. The summed E-state index contributed by atoms with van der Waals surface area (Å²) in [6, 6.07) is 7.80. The van der Waals surface area contributed by atoms with Gasteiger partial charge in [0.2, 0.25) is 11.8 Å². The number of nitrogens with two attached hydrogens (primary N) is 1. The second kappa shape index (κ2) is 6.77. The van der Waals surface area contributed by atoms with E-state index in [1.807, 2.05) is 39.0 Å². The van der Waals surface area contributed by atoms with Crippen molar-refractivity contribution in [2.24, 2.45) is 5.73 Å². The Labute approximate surface area is 146 Å². The van der Waals surface area contributed by atoms with Crippen LogP contribution >= 0.6 is 0 Å². The molecule has 7 heteroatoms. The van der Waals surface area contributed by atoms with Crippen LogP contribution in [0.15, 0.2) is 29.7 Å². The van der Waals surface area contributed by atoms with Crippen LogP contribution in [0.2, 0.25) is 0 Å². The number of ether oxygens (including phenoxy) is 3. The first-order valence-electron chi connectivity index (χ1n) is 8.12. The van der Waals surface area contributed by atoms with E-state index in [0.717, 1.165) is 16.8 Å². The maximum atomic E-state index is 9.60. The number of hydrogen-bond acceptors (Lipinski definition) is 6. The summed E-state index contributed by atoms with van der Waals surface area (Å²) in [5.74, 6) is 1.39. The van der Waals surface area contributed by atoms with E-state index in [9.17, 15) is 5.26 Å². The topological polar surface area (TPSA) is 106 Å². The van der Waals surface area contributed by atoms with Gasteiger partial charge in [0, 0.05) is 11.3 Å². The van der Waals surface area contributed by atoms with Crippen LogP contribution in [0.1, 0.15) is 36.6 Å². The Balaban J connectivity index is 2.15. The number of rotatable bonds is 5. The predicted molar refractivity (Wildman–Crippen MR) is 91.4 cm³/mol. The number of aromatic amines is 1. The molecule has 1 atom stereocenters. The Kier molecular flexibility index (Phi) is 4.52. The van der Waals surface area contributed by atoms with Crippen molar-refractivity contribution >= 4 is 0 Å². The first-order valence-corrected chi connectivity index (χ1v) is 8.12. The van der Waals surface area contributed by atoms with E-state index in [0.29, 0.717) is 36.2 Å². The first-order chi connectivity index (χ1) is 12.1.